The lowest BCUT2D eigenvalue weighted by Crippen LogP contribution is -2.59. The van der Waals surface area contributed by atoms with E-state index in [0.29, 0.717) is 11.1 Å². The van der Waals surface area contributed by atoms with E-state index in [0.717, 1.165) is 0 Å². The summed E-state index contributed by atoms with van der Waals surface area (Å²) in [4.78, 5) is 24.2. The molecule has 0 aliphatic rings. The first-order valence-electron chi connectivity index (χ1n) is 8.27. The molecule has 0 bridgehead atoms. The molecule has 0 unspecified atom stereocenters. The Hall–Kier alpha value is -2.84. The van der Waals surface area contributed by atoms with Crippen LogP contribution in [0.2, 0.25) is 0 Å². The average Bonchev–Trinajstić information content (AvgIpc) is 2.62. The molecule has 5 N–H and O–H groups in total. The number of carbonyl (C=O) groups excluding carboxylic acids is 2. The van der Waals surface area contributed by atoms with Gasteiger partial charge >= 0.3 is 5.97 Å². The van der Waals surface area contributed by atoms with Crippen LogP contribution in [0.25, 0.3) is 0 Å². The second-order valence-electron chi connectivity index (χ2n) is 6.38. The fourth-order valence-electron chi connectivity index (χ4n) is 2.00. The third-order valence-corrected chi connectivity index (χ3v) is 3.51. The van der Waals surface area contributed by atoms with Gasteiger partial charge in [0.05, 0.1) is 7.11 Å². The highest BCUT2D eigenvalue weighted by atomic mass is 16.5. The van der Waals surface area contributed by atoms with Crippen molar-refractivity contribution in [3.05, 3.63) is 35.4 Å². The van der Waals surface area contributed by atoms with Gasteiger partial charge in [-0.15, -0.1) is 0 Å². The molecule has 144 valence electrons. The first kappa shape index (κ1) is 22.2. The molecule has 1 rings (SSSR count). The summed E-state index contributed by atoms with van der Waals surface area (Å²) in [5.74, 6) is 9.26. The Bertz CT molecular complexity index is 773. The molecule has 0 radical (unpaired) electrons. The largest absolute Gasteiger partial charge is 0.467 e. The number of hydrogen-bond donors (Lipinski definition) is 4. The van der Waals surface area contributed by atoms with Crippen molar-refractivity contribution in [2.45, 2.75) is 38.0 Å². The lowest BCUT2D eigenvalue weighted by molar-refractivity contribution is -0.144. The summed E-state index contributed by atoms with van der Waals surface area (Å²) in [5, 5.41) is 20.6. The molecule has 27 heavy (non-hydrogen) atoms. The Morgan fingerprint density at radius 2 is 1.89 bits per heavy atom. The van der Waals surface area contributed by atoms with E-state index in [1.807, 2.05) is 0 Å². The van der Waals surface area contributed by atoms with E-state index < -0.39 is 29.6 Å². The number of aliphatic hydroxyl groups excluding tert-OH is 2. The molecule has 2 atom stereocenters. The molecule has 7 heteroatoms. The van der Waals surface area contributed by atoms with E-state index in [4.69, 9.17) is 10.8 Å². The monoisotopic (exact) mass is 372 g/mol. The topological polar surface area (TPSA) is 122 Å². The summed E-state index contributed by atoms with van der Waals surface area (Å²) in [6.45, 7) is 3.09. The minimum atomic E-state index is -0.993. The lowest BCUT2D eigenvalue weighted by Gasteiger charge is -2.28. The Balaban J connectivity index is 2.81. The highest BCUT2D eigenvalue weighted by Gasteiger charge is 2.34. The van der Waals surface area contributed by atoms with Crippen LogP contribution < -0.4 is 11.1 Å². The van der Waals surface area contributed by atoms with Crippen LogP contribution in [0.15, 0.2) is 24.3 Å². The Kier molecular flexibility index (Phi) is 8.50. The van der Waals surface area contributed by atoms with Crippen molar-refractivity contribution in [1.29, 1.82) is 0 Å². The van der Waals surface area contributed by atoms with Gasteiger partial charge in [0.25, 0.3) is 5.91 Å². The normalized spacial score (nSPS) is 12.5. The van der Waals surface area contributed by atoms with Crippen LogP contribution in [-0.4, -0.2) is 53.5 Å². The molecule has 1 aromatic rings. The maximum absolute atomic E-state index is 12.3. The van der Waals surface area contributed by atoms with Gasteiger partial charge in [-0.3, -0.25) is 4.79 Å². The maximum atomic E-state index is 12.3. The Labute approximate surface area is 158 Å². The number of ether oxygens (including phenoxy) is 1. The summed E-state index contributed by atoms with van der Waals surface area (Å²) in [6, 6.07) is 5.40. The van der Waals surface area contributed by atoms with E-state index in [2.05, 4.69) is 33.7 Å². The number of methoxy groups -OCH3 is 1. The smallest absolute Gasteiger partial charge is 0.330 e. The summed E-state index contributed by atoms with van der Waals surface area (Å²) >= 11 is 0. The quantitative estimate of drug-likeness (QED) is 0.405. The molecular weight excluding hydrogens is 348 g/mol. The zero-order valence-corrected chi connectivity index (χ0v) is 15.6. The van der Waals surface area contributed by atoms with Gasteiger partial charge < -0.3 is 26.0 Å². The van der Waals surface area contributed by atoms with Crippen LogP contribution in [-0.2, 0) is 9.53 Å². The van der Waals surface area contributed by atoms with Crippen molar-refractivity contribution >= 4 is 11.9 Å². The van der Waals surface area contributed by atoms with Gasteiger partial charge in [0.2, 0.25) is 0 Å². The molecule has 0 aliphatic carbocycles. The van der Waals surface area contributed by atoms with Gasteiger partial charge in [0.15, 0.2) is 0 Å². The average molecular weight is 372 g/mol. The number of benzene rings is 1. The number of nitrogens with one attached hydrogen (secondary N) is 1. The molecule has 1 aromatic carbocycles. The molecule has 0 aromatic heterocycles. The summed E-state index contributed by atoms with van der Waals surface area (Å²) in [5.41, 5.74) is 5.91. The molecule has 0 aliphatic heterocycles. The van der Waals surface area contributed by atoms with Crippen molar-refractivity contribution in [2.24, 2.45) is 5.73 Å². The van der Waals surface area contributed by atoms with Crippen LogP contribution >= 0.6 is 0 Å². The van der Waals surface area contributed by atoms with Crippen molar-refractivity contribution in [3.8, 4) is 23.7 Å². The fraction of sp³-hybridized carbons (Fsp3) is 0.400. The number of rotatable bonds is 6. The van der Waals surface area contributed by atoms with E-state index in [1.165, 1.54) is 7.11 Å². The van der Waals surface area contributed by atoms with Crippen LogP contribution in [0.3, 0.4) is 0 Å². The van der Waals surface area contributed by atoms with E-state index in [1.54, 1.807) is 38.1 Å². The second-order valence-corrected chi connectivity index (χ2v) is 6.38. The molecule has 0 saturated carbocycles. The zero-order valence-electron chi connectivity index (χ0n) is 15.6. The molecule has 0 saturated heterocycles. The fourth-order valence-corrected chi connectivity index (χ4v) is 2.00. The SMILES string of the molecule is COC(=O)[C@@H](NC(=O)c1ccc(C#CC#C[C@@H](O)CCO)cc1)C(C)(C)N. The number of carbonyl (C=O) groups is 2. The van der Waals surface area contributed by atoms with Gasteiger partial charge in [-0.2, -0.15) is 0 Å². The van der Waals surface area contributed by atoms with Crippen LogP contribution in [0.1, 0.15) is 36.2 Å². The molecule has 1 amide bonds. The third-order valence-electron chi connectivity index (χ3n) is 3.51. The molecular formula is C20H24N2O5. The molecule has 0 spiro atoms. The minimum Gasteiger partial charge on any atom is -0.467 e. The van der Waals surface area contributed by atoms with Crippen molar-refractivity contribution in [2.75, 3.05) is 13.7 Å². The minimum absolute atomic E-state index is 0.148. The van der Waals surface area contributed by atoms with E-state index >= 15 is 0 Å². The highest BCUT2D eigenvalue weighted by Crippen LogP contribution is 2.10. The number of hydrogen-bond acceptors (Lipinski definition) is 6. The van der Waals surface area contributed by atoms with Gasteiger partial charge in [-0.1, -0.05) is 11.8 Å². The van der Waals surface area contributed by atoms with Gasteiger partial charge in [-0.25, -0.2) is 4.79 Å². The number of nitrogens with two attached hydrogens (primary N) is 1. The standard InChI is InChI=1S/C20H24N2O5/c1-20(2,21)17(19(26)27-3)22-18(25)15-10-8-14(9-11-15)6-4-5-7-16(24)12-13-23/h8-11,16-17,23-24H,12-13,21H2,1-3H3,(H,22,25)/t16-,17-/m1/s1. The van der Waals surface area contributed by atoms with Gasteiger partial charge in [0, 0.05) is 29.7 Å². The van der Waals surface area contributed by atoms with Crippen molar-refractivity contribution < 1.29 is 24.5 Å². The number of aliphatic hydroxyl groups is 2. The zero-order chi connectivity index (χ0) is 20.4. The number of amides is 1. The molecule has 7 nitrogen and oxygen atoms in total. The lowest BCUT2D eigenvalue weighted by atomic mass is 9.95. The van der Waals surface area contributed by atoms with Crippen molar-refractivity contribution in [1.82, 2.24) is 5.32 Å². The summed E-state index contributed by atoms with van der Waals surface area (Å²) < 4.78 is 4.69. The highest BCUT2D eigenvalue weighted by molar-refractivity contribution is 5.97. The van der Waals surface area contributed by atoms with Gasteiger partial charge in [-0.05, 0) is 50.0 Å². The molecule has 0 fully saturated rings. The predicted octanol–water partition coefficient (Wildman–Crippen LogP) is -0.206. The van der Waals surface area contributed by atoms with E-state index in [-0.39, 0.29) is 13.0 Å². The van der Waals surface area contributed by atoms with Crippen molar-refractivity contribution in [3.63, 3.8) is 0 Å². The summed E-state index contributed by atoms with van der Waals surface area (Å²) in [7, 11) is 1.23. The van der Waals surface area contributed by atoms with Crippen LogP contribution in [0, 0.1) is 23.7 Å². The Morgan fingerprint density at radius 3 is 2.41 bits per heavy atom. The first-order valence-corrected chi connectivity index (χ1v) is 8.27. The maximum Gasteiger partial charge on any atom is 0.330 e. The Morgan fingerprint density at radius 1 is 1.26 bits per heavy atom. The predicted molar refractivity (Wildman–Crippen MR) is 100 cm³/mol. The summed E-state index contributed by atoms with van der Waals surface area (Å²) in [6.07, 6.45) is -0.741. The van der Waals surface area contributed by atoms with Crippen LogP contribution in [0.5, 0.6) is 0 Å². The first-order chi connectivity index (χ1) is 12.7. The van der Waals surface area contributed by atoms with Crippen LogP contribution in [0.4, 0.5) is 0 Å². The third kappa shape index (κ3) is 7.51. The second kappa shape index (κ2) is 10.3. The molecule has 0 heterocycles. The number of esters is 1. The van der Waals surface area contributed by atoms with E-state index in [9.17, 15) is 14.7 Å². The van der Waals surface area contributed by atoms with Gasteiger partial charge in [0.1, 0.15) is 12.1 Å².